The number of rotatable bonds is 4. The van der Waals surface area contributed by atoms with Crippen LogP contribution in [-0.2, 0) is 18.9 Å². The number of nitrogens with zero attached hydrogens (tertiary/aromatic N) is 3. The fourth-order valence-corrected chi connectivity index (χ4v) is 3.51. The van der Waals surface area contributed by atoms with Gasteiger partial charge in [0.05, 0.1) is 33.8 Å². The molecule has 7 nitrogen and oxygen atoms in total. The lowest BCUT2D eigenvalue weighted by Gasteiger charge is -2.08. The Morgan fingerprint density at radius 3 is 2.67 bits per heavy atom. The molecule has 0 aliphatic heterocycles. The van der Waals surface area contributed by atoms with Crippen molar-refractivity contribution in [2.75, 3.05) is 11.9 Å². The summed E-state index contributed by atoms with van der Waals surface area (Å²) in [6.45, 7) is 3.62. The van der Waals surface area contributed by atoms with Crippen molar-refractivity contribution in [3.8, 4) is 0 Å². The molecular weight excluding hydrogens is 326 g/mol. The molecule has 8 heteroatoms. The number of hydrogen-bond acceptors (Lipinski definition) is 4. The summed E-state index contributed by atoms with van der Waals surface area (Å²) in [6, 6.07) is 3.81. The minimum atomic E-state index is -0.279. The molecule has 3 aromatic heterocycles. The van der Waals surface area contributed by atoms with Crippen molar-refractivity contribution in [2.45, 2.75) is 13.8 Å². The SMILES string of the molecule is Cc1nn(C)c(C)c1NC(=O)CNC(=O)c1cc2sccc2n1C. The summed E-state index contributed by atoms with van der Waals surface area (Å²) >= 11 is 1.58. The number of anilines is 1. The first kappa shape index (κ1) is 16.3. The summed E-state index contributed by atoms with van der Waals surface area (Å²) in [4.78, 5) is 24.4. The molecule has 3 aromatic rings. The number of carbonyl (C=O) groups is 2. The third-order valence-electron chi connectivity index (χ3n) is 4.08. The van der Waals surface area contributed by atoms with Crippen LogP contribution in [0, 0.1) is 13.8 Å². The Kier molecular flexibility index (Phi) is 4.15. The number of aromatic nitrogens is 3. The third-order valence-corrected chi connectivity index (χ3v) is 4.93. The van der Waals surface area contributed by atoms with Gasteiger partial charge < -0.3 is 15.2 Å². The second-order valence-corrected chi connectivity index (χ2v) is 6.61. The highest BCUT2D eigenvalue weighted by atomic mass is 32.1. The monoisotopic (exact) mass is 345 g/mol. The van der Waals surface area contributed by atoms with Crippen molar-refractivity contribution in [3.63, 3.8) is 0 Å². The van der Waals surface area contributed by atoms with Gasteiger partial charge in [0.1, 0.15) is 5.69 Å². The first-order valence-electron chi connectivity index (χ1n) is 7.49. The summed E-state index contributed by atoms with van der Waals surface area (Å²) in [5.74, 6) is -0.547. The number of nitrogens with one attached hydrogen (secondary N) is 2. The molecule has 0 saturated heterocycles. The van der Waals surface area contributed by atoms with Crippen LogP contribution in [0.25, 0.3) is 10.2 Å². The van der Waals surface area contributed by atoms with Crippen LogP contribution < -0.4 is 10.6 Å². The van der Waals surface area contributed by atoms with Crippen molar-refractivity contribution < 1.29 is 9.59 Å². The van der Waals surface area contributed by atoms with Crippen LogP contribution in [0.2, 0.25) is 0 Å². The van der Waals surface area contributed by atoms with Gasteiger partial charge in [-0.2, -0.15) is 5.10 Å². The maximum Gasteiger partial charge on any atom is 0.268 e. The minimum Gasteiger partial charge on any atom is -0.342 e. The Hall–Kier alpha value is -2.61. The van der Waals surface area contributed by atoms with Gasteiger partial charge in [-0.25, -0.2) is 0 Å². The molecule has 0 radical (unpaired) electrons. The van der Waals surface area contributed by atoms with Crippen molar-refractivity contribution in [1.29, 1.82) is 0 Å². The largest absolute Gasteiger partial charge is 0.342 e. The predicted molar refractivity (Wildman–Crippen MR) is 94.4 cm³/mol. The van der Waals surface area contributed by atoms with Crippen molar-refractivity contribution in [1.82, 2.24) is 19.7 Å². The molecule has 0 aliphatic rings. The molecule has 0 bridgehead atoms. The lowest BCUT2D eigenvalue weighted by molar-refractivity contribution is -0.115. The lowest BCUT2D eigenvalue weighted by atomic mass is 10.3. The molecule has 24 heavy (non-hydrogen) atoms. The lowest BCUT2D eigenvalue weighted by Crippen LogP contribution is -2.33. The maximum absolute atomic E-state index is 12.3. The van der Waals surface area contributed by atoms with E-state index >= 15 is 0 Å². The fourth-order valence-electron chi connectivity index (χ4n) is 2.66. The summed E-state index contributed by atoms with van der Waals surface area (Å²) < 4.78 is 4.59. The van der Waals surface area contributed by atoms with E-state index in [2.05, 4.69) is 15.7 Å². The van der Waals surface area contributed by atoms with E-state index in [1.807, 2.05) is 50.0 Å². The molecule has 2 amide bonds. The van der Waals surface area contributed by atoms with Gasteiger partial charge in [-0.15, -0.1) is 11.3 Å². The zero-order valence-corrected chi connectivity index (χ0v) is 14.8. The number of fused-ring (bicyclic) bond motifs is 1. The van der Waals surface area contributed by atoms with E-state index in [1.54, 1.807) is 16.0 Å². The minimum absolute atomic E-state index is 0.0918. The zero-order chi connectivity index (χ0) is 17.4. The molecule has 0 unspecified atom stereocenters. The van der Waals surface area contributed by atoms with Gasteiger partial charge in [-0.1, -0.05) is 0 Å². The molecule has 0 spiro atoms. The average Bonchev–Trinajstić information content (AvgIpc) is 3.18. The molecular formula is C16H19N5O2S. The highest BCUT2D eigenvalue weighted by molar-refractivity contribution is 7.17. The van der Waals surface area contributed by atoms with E-state index < -0.39 is 0 Å². The Morgan fingerprint density at radius 1 is 1.29 bits per heavy atom. The molecule has 2 N–H and O–H groups in total. The van der Waals surface area contributed by atoms with Crippen LogP contribution in [0.3, 0.4) is 0 Å². The van der Waals surface area contributed by atoms with Gasteiger partial charge >= 0.3 is 0 Å². The van der Waals surface area contributed by atoms with Crippen molar-refractivity contribution >= 4 is 39.1 Å². The first-order valence-corrected chi connectivity index (χ1v) is 8.37. The van der Waals surface area contributed by atoms with Crippen LogP contribution in [0.15, 0.2) is 17.5 Å². The quantitative estimate of drug-likeness (QED) is 0.758. The highest BCUT2D eigenvalue weighted by Crippen LogP contribution is 2.24. The number of aryl methyl sites for hydroxylation is 3. The molecule has 0 aliphatic carbocycles. The predicted octanol–water partition coefficient (Wildman–Crippen LogP) is 1.96. The van der Waals surface area contributed by atoms with Crippen LogP contribution in [0.5, 0.6) is 0 Å². The van der Waals surface area contributed by atoms with Gasteiger partial charge in [-0.3, -0.25) is 14.3 Å². The first-order chi connectivity index (χ1) is 11.4. The van der Waals surface area contributed by atoms with Crippen molar-refractivity contribution in [2.24, 2.45) is 14.1 Å². The Morgan fingerprint density at radius 2 is 2.04 bits per heavy atom. The standard InChI is InChI=1S/C16H19N5O2S/c1-9-15(10(2)21(4)19-9)18-14(22)8-17-16(23)12-7-13-11(20(12)3)5-6-24-13/h5-7H,8H2,1-4H3,(H,17,23)(H,18,22). The fraction of sp³-hybridized carbons (Fsp3) is 0.312. The summed E-state index contributed by atoms with van der Waals surface area (Å²) in [5, 5.41) is 11.7. The van der Waals surface area contributed by atoms with Crippen molar-refractivity contribution in [3.05, 3.63) is 34.6 Å². The smallest absolute Gasteiger partial charge is 0.268 e. The summed E-state index contributed by atoms with van der Waals surface area (Å²) in [7, 11) is 3.66. The number of thiophene rings is 1. The van der Waals surface area contributed by atoms with E-state index in [0.717, 1.165) is 21.6 Å². The van der Waals surface area contributed by atoms with E-state index in [-0.39, 0.29) is 18.4 Å². The molecule has 0 fully saturated rings. The summed E-state index contributed by atoms with van der Waals surface area (Å²) in [5.41, 5.74) is 3.86. The van der Waals surface area contributed by atoms with Gasteiger partial charge in [-0.05, 0) is 31.4 Å². The number of amides is 2. The molecule has 0 atom stereocenters. The van der Waals surface area contributed by atoms with E-state index in [0.29, 0.717) is 11.4 Å². The molecule has 0 aromatic carbocycles. The van der Waals surface area contributed by atoms with Crippen LogP contribution in [0.1, 0.15) is 21.9 Å². The van der Waals surface area contributed by atoms with Gasteiger partial charge in [0.25, 0.3) is 5.91 Å². The molecule has 126 valence electrons. The van der Waals surface area contributed by atoms with E-state index in [9.17, 15) is 9.59 Å². The van der Waals surface area contributed by atoms with Gasteiger partial charge in [0.15, 0.2) is 0 Å². The average molecular weight is 345 g/mol. The Bertz CT molecular complexity index is 934. The third kappa shape index (κ3) is 2.80. The molecule has 0 saturated carbocycles. The zero-order valence-electron chi connectivity index (χ0n) is 14.0. The second kappa shape index (κ2) is 6.12. The van der Waals surface area contributed by atoms with E-state index in [1.165, 1.54) is 0 Å². The Balaban J connectivity index is 1.64. The second-order valence-electron chi connectivity index (χ2n) is 5.66. The maximum atomic E-state index is 12.3. The van der Waals surface area contributed by atoms with Gasteiger partial charge in [0, 0.05) is 14.1 Å². The number of carbonyl (C=O) groups excluding carboxylic acids is 2. The van der Waals surface area contributed by atoms with Crippen LogP contribution in [-0.4, -0.2) is 32.7 Å². The highest BCUT2D eigenvalue weighted by Gasteiger charge is 2.16. The number of hydrogen-bond donors (Lipinski definition) is 2. The van der Waals surface area contributed by atoms with Crippen LogP contribution in [0.4, 0.5) is 5.69 Å². The van der Waals surface area contributed by atoms with Crippen LogP contribution >= 0.6 is 11.3 Å². The van der Waals surface area contributed by atoms with E-state index in [4.69, 9.17) is 0 Å². The summed E-state index contributed by atoms with van der Waals surface area (Å²) in [6.07, 6.45) is 0. The Labute approximate surface area is 143 Å². The van der Waals surface area contributed by atoms with Gasteiger partial charge in [0.2, 0.25) is 5.91 Å². The molecule has 3 rings (SSSR count). The molecule has 3 heterocycles. The normalized spacial score (nSPS) is 11.0. The topological polar surface area (TPSA) is 81.0 Å².